The van der Waals surface area contributed by atoms with Crippen molar-refractivity contribution in [1.29, 1.82) is 0 Å². The minimum atomic E-state index is -0.173. The van der Waals surface area contributed by atoms with Gasteiger partial charge in [0.2, 0.25) is 11.9 Å². The molecule has 4 fully saturated rings. The Morgan fingerprint density at radius 2 is 2.21 bits per heavy atom. The van der Waals surface area contributed by atoms with E-state index in [0.717, 1.165) is 41.4 Å². The number of aromatic nitrogens is 2. The van der Waals surface area contributed by atoms with Gasteiger partial charge in [0.05, 0.1) is 10.2 Å². The molecule has 2 aliphatic heterocycles. The second-order valence-corrected chi connectivity index (χ2v) is 10.0. The molecular formula is C20H25N7OS. The lowest BCUT2D eigenvalue weighted by Gasteiger charge is -2.26. The molecule has 4 atom stereocenters. The van der Waals surface area contributed by atoms with E-state index in [1.807, 2.05) is 0 Å². The number of carbonyl (C=O) groups excluding carboxylic acids is 1. The van der Waals surface area contributed by atoms with Crippen LogP contribution in [0.2, 0.25) is 0 Å². The zero-order chi connectivity index (χ0) is 19.7. The van der Waals surface area contributed by atoms with Gasteiger partial charge in [-0.1, -0.05) is 0 Å². The fourth-order valence-electron chi connectivity index (χ4n) is 4.85. The Balaban J connectivity index is 1.38. The summed E-state index contributed by atoms with van der Waals surface area (Å²) in [5, 5.41) is 2.82. The Morgan fingerprint density at radius 1 is 1.34 bits per heavy atom. The predicted octanol–water partition coefficient (Wildman–Crippen LogP) is 1.88. The smallest absolute Gasteiger partial charge is 0.242 e. The largest absolute Gasteiger partial charge is 0.357 e. The molecule has 4 heterocycles. The molecule has 1 amide bonds. The maximum atomic E-state index is 12.5. The zero-order valence-corrected chi connectivity index (χ0v) is 17.4. The first kappa shape index (κ1) is 17.6. The molecule has 8 nitrogen and oxygen atoms in total. The van der Waals surface area contributed by atoms with Gasteiger partial charge in [0.1, 0.15) is 11.9 Å². The van der Waals surface area contributed by atoms with E-state index in [2.05, 4.69) is 34.1 Å². The second kappa shape index (κ2) is 6.37. The monoisotopic (exact) mass is 411 g/mol. The van der Waals surface area contributed by atoms with Crippen molar-refractivity contribution >= 4 is 45.1 Å². The molecular weight excluding hydrogens is 386 g/mol. The lowest BCUT2D eigenvalue weighted by atomic mass is 10.1. The number of anilines is 1. The standard InChI is InChI=1S/C20H25N7OS/c1-9-5-14-17(29-9)18(23-15-7-13(25-26-15)10-3-4-10)24-20(22-14)27-8-11-6-12(11)16(27)19(28)21-2/h5,10-13,16,25H,3-4,6-8H2,1-2H3,(H,21,28)(H,22,23,24,26)/t11-,12-,13?,16-/m0/s1. The highest BCUT2D eigenvalue weighted by molar-refractivity contribution is 7.19. The number of nitrogens with one attached hydrogen (secondary N) is 3. The van der Waals surface area contributed by atoms with Crippen LogP contribution in [-0.2, 0) is 4.79 Å². The minimum absolute atomic E-state index is 0.0574. The van der Waals surface area contributed by atoms with Gasteiger partial charge in [-0.3, -0.25) is 4.79 Å². The number of piperidine rings is 1. The molecule has 2 saturated heterocycles. The predicted molar refractivity (Wildman–Crippen MR) is 113 cm³/mol. The highest BCUT2D eigenvalue weighted by atomic mass is 32.1. The third-order valence-corrected chi connectivity index (χ3v) is 7.67. The zero-order valence-electron chi connectivity index (χ0n) is 16.6. The van der Waals surface area contributed by atoms with Gasteiger partial charge >= 0.3 is 0 Å². The van der Waals surface area contributed by atoms with Crippen molar-refractivity contribution in [3.8, 4) is 0 Å². The van der Waals surface area contributed by atoms with E-state index in [1.165, 1.54) is 17.7 Å². The molecule has 2 aliphatic carbocycles. The number of likely N-dealkylation sites (N-methyl/N-ethyl adjacent to an activating group) is 1. The molecule has 1 unspecified atom stereocenters. The number of hydrazine groups is 1. The van der Waals surface area contributed by atoms with E-state index in [-0.39, 0.29) is 11.9 Å². The summed E-state index contributed by atoms with van der Waals surface area (Å²) in [5.74, 6) is 4.10. The summed E-state index contributed by atoms with van der Waals surface area (Å²) in [5.41, 5.74) is 7.54. The number of hydrogen-bond acceptors (Lipinski definition) is 7. The third kappa shape index (κ3) is 2.98. The highest BCUT2D eigenvalue weighted by Crippen LogP contribution is 2.50. The first-order valence-electron chi connectivity index (χ1n) is 10.5. The SMILES string of the molecule is CNC(=O)[C@@H]1[C@H]2C[C@H]2CN1c1nc(N=C2CC(C3CC3)NN2)c2sc(C)cc2n1. The van der Waals surface area contributed by atoms with Gasteiger partial charge in [-0.05, 0) is 50.0 Å². The van der Waals surface area contributed by atoms with Gasteiger partial charge in [0.15, 0.2) is 5.82 Å². The average molecular weight is 412 g/mol. The lowest BCUT2D eigenvalue weighted by Crippen LogP contribution is -2.45. The summed E-state index contributed by atoms with van der Waals surface area (Å²) in [6.07, 6.45) is 4.64. The molecule has 29 heavy (non-hydrogen) atoms. The molecule has 4 aliphatic rings. The van der Waals surface area contributed by atoms with E-state index in [4.69, 9.17) is 15.0 Å². The van der Waals surface area contributed by atoms with Crippen molar-refractivity contribution in [2.24, 2.45) is 22.7 Å². The van der Waals surface area contributed by atoms with Crippen LogP contribution in [0.15, 0.2) is 11.1 Å². The van der Waals surface area contributed by atoms with Gasteiger partial charge < -0.3 is 15.6 Å². The molecule has 9 heteroatoms. The number of amides is 1. The normalized spacial score (nSPS) is 31.9. The number of thiophene rings is 1. The molecule has 6 rings (SSSR count). The van der Waals surface area contributed by atoms with Crippen LogP contribution in [0.4, 0.5) is 11.8 Å². The summed E-state index contributed by atoms with van der Waals surface area (Å²) in [6, 6.07) is 2.39. The maximum absolute atomic E-state index is 12.5. The average Bonchev–Trinajstić information content (AvgIpc) is 3.58. The van der Waals surface area contributed by atoms with Gasteiger partial charge in [0.25, 0.3) is 0 Å². The number of fused-ring (bicyclic) bond motifs is 2. The number of carbonyl (C=O) groups is 1. The fraction of sp³-hybridized carbons (Fsp3) is 0.600. The number of aryl methyl sites for hydroxylation is 1. The Morgan fingerprint density at radius 3 is 3.00 bits per heavy atom. The van der Waals surface area contributed by atoms with Crippen molar-refractivity contribution in [2.45, 2.75) is 44.7 Å². The quantitative estimate of drug-likeness (QED) is 0.711. The van der Waals surface area contributed by atoms with E-state index in [9.17, 15) is 4.79 Å². The molecule has 2 aromatic rings. The number of nitrogens with zero attached hydrogens (tertiary/aromatic N) is 4. The van der Waals surface area contributed by atoms with Gasteiger partial charge in [-0.2, -0.15) is 4.98 Å². The maximum Gasteiger partial charge on any atom is 0.242 e. The summed E-state index contributed by atoms with van der Waals surface area (Å²) >= 11 is 1.68. The van der Waals surface area contributed by atoms with Crippen LogP contribution in [0.25, 0.3) is 10.2 Å². The van der Waals surface area contributed by atoms with Crippen molar-refractivity contribution in [2.75, 3.05) is 18.5 Å². The van der Waals surface area contributed by atoms with Crippen molar-refractivity contribution < 1.29 is 4.79 Å². The Bertz CT molecular complexity index is 1030. The molecule has 3 N–H and O–H groups in total. The molecule has 2 saturated carbocycles. The van der Waals surface area contributed by atoms with Crippen LogP contribution in [-0.4, -0.2) is 47.4 Å². The van der Waals surface area contributed by atoms with Crippen molar-refractivity contribution in [3.05, 3.63) is 10.9 Å². The number of rotatable bonds is 4. The van der Waals surface area contributed by atoms with Crippen molar-refractivity contribution in [1.82, 2.24) is 26.1 Å². The number of aliphatic imine (C=N–C) groups is 1. The van der Waals surface area contributed by atoms with Crippen molar-refractivity contribution in [3.63, 3.8) is 0 Å². The fourth-order valence-corrected chi connectivity index (χ4v) is 5.74. The summed E-state index contributed by atoms with van der Waals surface area (Å²) in [4.78, 5) is 30.4. The molecule has 152 valence electrons. The summed E-state index contributed by atoms with van der Waals surface area (Å²) in [6.45, 7) is 2.93. The minimum Gasteiger partial charge on any atom is -0.357 e. The number of hydrogen-bond donors (Lipinski definition) is 3. The van der Waals surface area contributed by atoms with E-state index in [1.54, 1.807) is 18.4 Å². The highest BCUT2D eigenvalue weighted by Gasteiger charge is 2.56. The first-order valence-corrected chi connectivity index (χ1v) is 11.3. The van der Waals surface area contributed by atoms with Crippen LogP contribution >= 0.6 is 11.3 Å². The van der Waals surface area contributed by atoms with Crippen LogP contribution < -0.4 is 21.1 Å². The molecule has 0 bridgehead atoms. The van der Waals surface area contributed by atoms with Gasteiger partial charge in [0, 0.05) is 30.9 Å². The second-order valence-electron chi connectivity index (χ2n) is 8.77. The first-order chi connectivity index (χ1) is 14.1. The Kier molecular flexibility index (Phi) is 3.86. The topological polar surface area (TPSA) is 94.5 Å². The molecule has 0 radical (unpaired) electrons. The lowest BCUT2D eigenvalue weighted by molar-refractivity contribution is -0.122. The molecule has 0 spiro atoms. The Labute approximate surface area is 173 Å². The third-order valence-electron chi connectivity index (χ3n) is 6.63. The number of amidine groups is 1. The van der Waals surface area contributed by atoms with E-state index in [0.29, 0.717) is 29.6 Å². The van der Waals surface area contributed by atoms with Crippen LogP contribution in [0.5, 0.6) is 0 Å². The van der Waals surface area contributed by atoms with Gasteiger partial charge in [-0.25, -0.2) is 15.4 Å². The van der Waals surface area contributed by atoms with Crippen LogP contribution in [0.3, 0.4) is 0 Å². The molecule has 0 aromatic carbocycles. The van der Waals surface area contributed by atoms with E-state index < -0.39 is 0 Å². The summed E-state index contributed by atoms with van der Waals surface area (Å²) < 4.78 is 1.01. The summed E-state index contributed by atoms with van der Waals surface area (Å²) in [7, 11) is 1.70. The van der Waals surface area contributed by atoms with Gasteiger partial charge in [-0.15, -0.1) is 11.3 Å². The molecule has 2 aromatic heterocycles. The van der Waals surface area contributed by atoms with Crippen LogP contribution in [0, 0.1) is 24.7 Å². The Hall–Kier alpha value is -2.26. The van der Waals surface area contributed by atoms with E-state index >= 15 is 0 Å². The van der Waals surface area contributed by atoms with Crippen LogP contribution in [0.1, 0.15) is 30.6 Å².